The van der Waals surface area contributed by atoms with Gasteiger partial charge in [0.2, 0.25) is 0 Å². The largest absolute Gasteiger partial charge is 0.478 e. The molecule has 126 valence electrons. The summed E-state index contributed by atoms with van der Waals surface area (Å²) >= 11 is 0. The van der Waals surface area contributed by atoms with E-state index in [0.29, 0.717) is 24.0 Å². The first-order valence-electron chi connectivity index (χ1n) is 8.23. The van der Waals surface area contributed by atoms with Crippen LogP contribution in [0.4, 0.5) is 0 Å². The minimum absolute atomic E-state index is 0.161. The lowest BCUT2D eigenvalue weighted by Crippen LogP contribution is -2.48. The summed E-state index contributed by atoms with van der Waals surface area (Å²) in [6.45, 7) is 0. The van der Waals surface area contributed by atoms with Crippen molar-refractivity contribution in [2.75, 3.05) is 0 Å². The Kier molecular flexibility index (Phi) is 4.43. The molecular weight excluding hydrogens is 314 g/mol. The molecule has 0 aromatic heterocycles. The van der Waals surface area contributed by atoms with Gasteiger partial charge in [-0.1, -0.05) is 54.6 Å². The minimum atomic E-state index is -1.47. The molecule has 4 nitrogen and oxygen atoms in total. The maximum absolute atomic E-state index is 11.5. The quantitative estimate of drug-likeness (QED) is 0.867. The summed E-state index contributed by atoms with van der Waals surface area (Å²) in [6.07, 6.45) is 5.29. The lowest BCUT2D eigenvalue weighted by Gasteiger charge is -2.47. The summed E-state index contributed by atoms with van der Waals surface area (Å²) < 4.78 is 0. The lowest BCUT2D eigenvalue weighted by atomic mass is 9.57. The Balaban J connectivity index is 2.09. The molecule has 0 radical (unpaired) electrons. The highest BCUT2D eigenvalue weighted by Gasteiger charge is 2.54. The number of nitriles is 1. The van der Waals surface area contributed by atoms with Crippen LogP contribution in [-0.4, -0.2) is 16.2 Å². The number of benzene rings is 2. The molecule has 1 saturated carbocycles. The van der Waals surface area contributed by atoms with Gasteiger partial charge in [0, 0.05) is 0 Å². The molecule has 25 heavy (non-hydrogen) atoms. The van der Waals surface area contributed by atoms with E-state index in [-0.39, 0.29) is 5.56 Å². The van der Waals surface area contributed by atoms with Crippen molar-refractivity contribution in [1.29, 1.82) is 5.26 Å². The van der Waals surface area contributed by atoms with E-state index in [4.69, 9.17) is 0 Å². The molecule has 0 aliphatic heterocycles. The Labute approximate surface area is 146 Å². The van der Waals surface area contributed by atoms with Gasteiger partial charge in [0.15, 0.2) is 0 Å². The van der Waals surface area contributed by atoms with Gasteiger partial charge in [-0.25, -0.2) is 4.79 Å². The molecule has 1 aliphatic carbocycles. The van der Waals surface area contributed by atoms with Crippen LogP contribution in [0, 0.1) is 16.7 Å². The Bertz CT molecular complexity index is 847. The van der Waals surface area contributed by atoms with E-state index in [0.717, 1.165) is 6.42 Å². The van der Waals surface area contributed by atoms with Crippen molar-refractivity contribution in [3.05, 3.63) is 77.4 Å². The fraction of sp³-hybridized carbons (Fsp3) is 0.238. The van der Waals surface area contributed by atoms with E-state index < -0.39 is 17.0 Å². The van der Waals surface area contributed by atoms with E-state index in [1.807, 2.05) is 18.2 Å². The summed E-state index contributed by atoms with van der Waals surface area (Å²) in [7, 11) is 0. The van der Waals surface area contributed by atoms with Crippen LogP contribution in [0.15, 0.2) is 60.7 Å². The van der Waals surface area contributed by atoms with Crippen LogP contribution in [0.5, 0.6) is 0 Å². The van der Waals surface area contributed by atoms with Crippen molar-refractivity contribution in [3.63, 3.8) is 0 Å². The number of carboxylic acid groups (broad SMARTS) is 1. The van der Waals surface area contributed by atoms with Crippen molar-refractivity contribution in [1.82, 2.24) is 0 Å². The average Bonchev–Trinajstić information content (AvgIpc) is 2.60. The van der Waals surface area contributed by atoms with Crippen LogP contribution in [0.1, 0.15) is 40.7 Å². The molecule has 4 heteroatoms. The van der Waals surface area contributed by atoms with Crippen molar-refractivity contribution < 1.29 is 15.0 Å². The molecule has 1 atom stereocenters. The number of nitrogens with zero attached hydrogens (tertiary/aromatic N) is 1. The number of aromatic carboxylic acids is 1. The smallest absolute Gasteiger partial charge is 0.336 e. The van der Waals surface area contributed by atoms with Gasteiger partial charge in [0.1, 0.15) is 5.60 Å². The predicted molar refractivity (Wildman–Crippen MR) is 94.7 cm³/mol. The highest BCUT2D eigenvalue weighted by molar-refractivity contribution is 5.92. The summed E-state index contributed by atoms with van der Waals surface area (Å²) in [5.41, 5.74) is -1.05. The maximum atomic E-state index is 11.5. The Hall–Kier alpha value is -2.90. The van der Waals surface area contributed by atoms with Gasteiger partial charge in [-0.05, 0) is 42.5 Å². The number of carbonyl (C=O) groups is 1. The maximum Gasteiger partial charge on any atom is 0.336 e. The Morgan fingerprint density at radius 3 is 2.32 bits per heavy atom. The molecule has 2 aromatic carbocycles. The van der Waals surface area contributed by atoms with Crippen molar-refractivity contribution >= 4 is 12.0 Å². The van der Waals surface area contributed by atoms with Crippen molar-refractivity contribution in [2.45, 2.75) is 24.9 Å². The van der Waals surface area contributed by atoms with Crippen LogP contribution >= 0.6 is 0 Å². The number of carboxylic acids is 1. The van der Waals surface area contributed by atoms with Crippen LogP contribution in [0.3, 0.4) is 0 Å². The molecule has 0 spiro atoms. The third-order valence-electron chi connectivity index (χ3n) is 5.06. The third-order valence-corrected chi connectivity index (χ3v) is 5.06. The fourth-order valence-electron chi connectivity index (χ4n) is 3.38. The SMILES string of the molecule is N#CC1([C@](O)(/C=C/c2ccccc2C(=O)O)c2ccccc2)CCC1. The molecule has 1 fully saturated rings. The van der Waals surface area contributed by atoms with Crippen LogP contribution in [0.25, 0.3) is 6.08 Å². The number of hydrogen-bond acceptors (Lipinski definition) is 3. The van der Waals surface area contributed by atoms with E-state index >= 15 is 0 Å². The molecule has 2 aromatic rings. The summed E-state index contributed by atoms with van der Waals surface area (Å²) in [6, 6.07) is 18.0. The summed E-state index contributed by atoms with van der Waals surface area (Å²) in [5.74, 6) is -1.03. The van der Waals surface area contributed by atoms with Gasteiger partial charge < -0.3 is 10.2 Å². The topological polar surface area (TPSA) is 81.3 Å². The molecule has 0 heterocycles. The second-order valence-electron chi connectivity index (χ2n) is 6.41. The normalized spacial score (nSPS) is 18.1. The monoisotopic (exact) mass is 333 g/mol. The molecule has 0 bridgehead atoms. The van der Waals surface area contributed by atoms with Crippen LogP contribution in [0.2, 0.25) is 0 Å². The standard InChI is InChI=1S/C21H19NO3/c22-15-20(12-6-13-20)21(25,17-8-2-1-3-9-17)14-11-16-7-4-5-10-18(16)19(23)24/h1-5,7-11,14,25H,6,12-13H2,(H,23,24)/b14-11+/t21-/m0/s1. The van der Waals surface area contributed by atoms with Crippen molar-refractivity contribution in [3.8, 4) is 6.07 Å². The van der Waals surface area contributed by atoms with Crippen LogP contribution < -0.4 is 0 Å². The van der Waals surface area contributed by atoms with Gasteiger partial charge in [0.05, 0.1) is 17.0 Å². The number of aliphatic hydroxyl groups is 1. The first-order valence-corrected chi connectivity index (χ1v) is 8.23. The molecule has 3 rings (SSSR count). The molecular formula is C21H19NO3. The molecule has 0 saturated heterocycles. The highest BCUT2D eigenvalue weighted by atomic mass is 16.4. The first kappa shape index (κ1) is 16.9. The molecule has 2 N–H and O–H groups in total. The molecule has 1 aliphatic rings. The van der Waals surface area contributed by atoms with Crippen molar-refractivity contribution in [2.24, 2.45) is 5.41 Å². The fourth-order valence-corrected chi connectivity index (χ4v) is 3.38. The average molecular weight is 333 g/mol. The molecule has 0 unspecified atom stereocenters. The summed E-state index contributed by atoms with van der Waals surface area (Å²) in [4.78, 5) is 11.4. The predicted octanol–water partition coefficient (Wildman–Crippen LogP) is 3.98. The van der Waals surface area contributed by atoms with Gasteiger partial charge in [-0.2, -0.15) is 5.26 Å². The Morgan fingerprint density at radius 1 is 1.12 bits per heavy atom. The van der Waals surface area contributed by atoms with Gasteiger partial charge in [0.25, 0.3) is 0 Å². The van der Waals surface area contributed by atoms with Gasteiger partial charge in [-0.3, -0.25) is 0 Å². The van der Waals surface area contributed by atoms with E-state index in [1.54, 1.807) is 42.5 Å². The molecule has 0 amide bonds. The van der Waals surface area contributed by atoms with E-state index in [2.05, 4.69) is 6.07 Å². The number of hydrogen-bond donors (Lipinski definition) is 2. The van der Waals surface area contributed by atoms with Gasteiger partial charge in [-0.15, -0.1) is 0 Å². The van der Waals surface area contributed by atoms with Crippen LogP contribution in [-0.2, 0) is 5.60 Å². The number of rotatable bonds is 5. The third kappa shape index (κ3) is 2.84. The minimum Gasteiger partial charge on any atom is -0.478 e. The second kappa shape index (κ2) is 6.54. The highest BCUT2D eigenvalue weighted by Crippen LogP contribution is 2.54. The first-order chi connectivity index (χ1) is 12.0. The lowest BCUT2D eigenvalue weighted by molar-refractivity contribution is -0.0606. The Morgan fingerprint density at radius 2 is 1.76 bits per heavy atom. The van der Waals surface area contributed by atoms with E-state index in [1.165, 1.54) is 6.07 Å². The zero-order chi connectivity index (χ0) is 17.9. The van der Waals surface area contributed by atoms with Gasteiger partial charge >= 0.3 is 5.97 Å². The summed E-state index contributed by atoms with van der Waals surface area (Å²) in [5, 5.41) is 30.5. The van der Waals surface area contributed by atoms with E-state index in [9.17, 15) is 20.3 Å². The zero-order valence-electron chi connectivity index (χ0n) is 13.7. The zero-order valence-corrected chi connectivity index (χ0v) is 13.7. The second-order valence-corrected chi connectivity index (χ2v) is 6.41.